The molecule has 0 aliphatic carbocycles. The highest BCUT2D eigenvalue weighted by Gasteiger charge is 2.35. The zero-order chi connectivity index (χ0) is 33.7. The first-order valence-corrected chi connectivity index (χ1v) is 15.6. The molecule has 14 heteroatoms. The van der Waals surface area contributed by atoms with Gasteiger partial charge in [0.05, 0.1) is 34.6 Å². The molecule has 0 bridgehead atoms. The molecule has 5 N–H and O–H groups in total. The maximum Gasteiger partial charge on any atom is 0.573 e. The number of nitrogens with one attached hydrogen (secondary N) is 3. The Balaban J connectivity index is 1.53. The third-order valence-corrected chi connectivity index (χ3v) is 8.08. The standard InChI is InChI=1S/C32H40F3N5O5S/c1-20-17-40(27(44-20)25-14-6-7-15-37-25)18-21-10-8-13-24(36)26(21)38-29(42)46-39-31(5,19-43-28(41)30(2,3)4)22-11-9-12-23(16-22)45-32(33,34)35/h8-13,16-17,37,39H,6-7,14-15,18-19,36H2,1-5H3,(H,38,42)/b27-25-. The number of piperidine rings is 1. The molecule has 2 aliphatic heterocycles. The number of anilines is 2. The average molecular weight is 664 g/mol. The number of nitrogen functional groups attached to an aromatic ring is 1. The minimum Gasteiger partial charge on any atom is -0.463 e. The summed E-state index contributed by atoms with van der Waals surface area (Å²) in [6.07, 6.45) is 0.00340. The second-order valence-corrected chi connectivity index (χ2v) is 13.1. The summed E-state index contributed by atoms with van der Waals surface area (Å²) in [4.78, 5) is 27.9. The zero-order valence-corrected chi connectivity index (χ0v) is 27.3. The number of alkyl halides is 3. The predicted molar refractivity (Wildman–Crippen MR) is 171 cm³/mol. The lowest BCUT2D eigenvalue weighted by Crippen LogP contribution is -2.42. The van der Waals surface area contributed by atoms with Gasteiger partial charge >= 0.3 is 12.3 Å². The van der Waals surface area contributed by atoms with Crippen molar-refractivity contribution in [3.05, 3.63) is 77.1 Å². The van der Waals surface area contributed by atoms with Crippen LogP contribution in [-0.2, 0) is 26.4 Å². The molecule has 1 amide bonds. The number of rotatable bonds is 9. The fourth-order valence-corrected chi connectivity index (χ4v) is 5.46. The molecule has 2 aromatic carbocycles. The molecule has 1 saturated heterocycles. The molecule has 0 aromatic heterocycles. The number of halogens is 3. The molecule has 2 heterocycles. The molecule has 250 valence electrons. The van der Waals surface area contributed by atoms with Crippen LogP contribution in [0.5, 0.6) is 5.75 Å². The van der Waals surface area contributed by atoms with Crippen LogP contribution in [0.25, 0.3) is 0 Å². The number of para-hydroxylation sites is 1. The summed E-state index contributed by atoms with van der Waals surface area (Å²) in [5.41, 5.74) is 6.98. The molecule has 46 heavy (non-hydrogen) atoms. The molecule has 4 rings (SSSR count). The van der Waals surface area contributed by atoms with Gasteiger partial charge in [-0.05, 0) is 83.2 Å². The van der Waals surface area contributed by atoms with Gasteiger partial charge in [0.25, 0.3) is 5.24 Å². The van der Waals surface area contributed by atoms with Gasteiger partial charge in [0.15, 0.2) is 0 Å². The Labute approximate surface area is 271 Å². The number of benzene rings is 2. The summed E-state index contributed by atoms with van der Waals surface area (Å²) in [5.74, 6) is 0.474. The van der Waals surface area contributed by atoms with E-state index in [1.165, 1.54) is 12.1 Å². The summed E-state index contributed by atoms with van der Waals surface area (Å²) in [7, 11) is 0. The van der Waals surface area contributed by atoms with Crippen molar-refractivity contribution in [2.24, 2.45) is 5.41 Å². The Morgan fingerprint density at radius 2 is 1.85 bits per heavy atom. The van der Waals surface area contributed by atoms with Gasteiger partial charge in [0.1, 0.15) is 18.1 Å². The van der Waals surface area contributed by atoms with E-state index in [1.54, 1.807) is 45.9 Å². The van der Waals surface area contributed by atoms with Crippen LogP contribution in [0.4, 0.5) is 29.3 Å². The molecule has 0 spiro atoms. The summed E-state index contributed by atoms with van der Waals surface area (Å²) in [6.45, 7) is 9.46. The predicted octanol–water partition coefficient (Wildman–Crippen LogP) is 7.08. The third-order valence-electron chi connectivity index (χ3n) is 7.24. The smallest absolute Gasteiger partial charge is 0.463 e. The Kier molecular flexibility index (Phi) is 10.7. The van der Waals surface area contributed by atoms with Gasteiger partial charge in [-0.2, -0.15) is 0 Å². The average Bonchev–Trinajstić information content (AvgIpc) is 3.35. The SMILES string of the molecule is CC1=CN(Cc2cccc(N)c2NC(=O)SNC(C)(COC(=O)C(C)(C)C)c2cccc(OC(F)(F)F)c2)/C(=C2\CCCCN2)O1. The van der Waals surface area contributed by atoms with Gasteiger partial charge in [-0.25, -0.2) is 4.72 Å². The van der Waals surface area contributed by atoms with E-state index < -0.39 is 34.3 Å². The minimum absolute atomic E-state index is 0.288. The molecule has 1 fully saturated rings. The van der Waals surface area contributed by atoms with Crippen LogP contribution in [0, 0.1) is 5.41 Å². The van der Waals surface area contributed by atoms with Gasteiger partial charge in [0, 0.05) is 24.7 Å². The molecular formula is C32H40F3N5O5S. The number of esters is 1. The zero-order valence-electron chi connectivity index (χ0n) is 26.5. The van der Waals surface area contributed by atoms with E-state index in [0.717, 1.165) is 48.9 Å². The third kappa shape index (κ3) is 9.25. The van der Waals surface area contributed by atoms with Crippen LogP contribution < -0.4 is 25.8 Å². The van der Waals surface area contributed by atoms with Crippen molar-refractivity contribution >= 4 is 34.5 Å². The molecule has 2 aliphatic rings. The van der Waals surface area contributed by atoms with Crippen LogP contribution in [0.1, 0.15) is 65.0 Å². The van der Waals surface area contributed by atoms with Crippen LogP contribution in [0.3, 0.4) is 0 Å². The lowest BCUT2D eigenvalue weighted by atomic mass is 9.93. The van der Waals surface area contributed by atoms with E-state index >= 15 is 0 Å². The van der Waals surface area contributed by atoms with Crippen molar-refractivity contribution in [3.63, 3.8) is 0 Å². The molecule has 0 saturated carbocycles. The lowest BCUT2D eigenvalue weighted by Gasteiger charge is -2.31. The number of nitrogens with two attached hydrogens (primary N) is 1. The van der Waals surface area contributed by atoms with Crippen LogP contribution in [0.15, 0.2) is 66.0 Å². The fraction of sp³-hybridized carbons (Fsp3) is 0.438. The van der Waals surface area contributed by atoms with Gasteiger partial charge in [-0.3, -0.25) is 9.59 Å². The lowest BCUT2D eigenvalue weighted by molar-refractivity contribution is -0.274. The van der Waals surface area contributed by atoms with Gasteiger partial charge in [0.2, 0.25) is 5.88 Å². The summed E-state index contributed by atoms with van der Waals surface area (Å²) < 4.78 is 57.5. The Hall–Kier alpha value is -4.04. The van der Waals surface area contributed by atoms with Crippen molar-refractivity contribution in [3.8, 4) is 5.75 Å². The van der Waals surface area contributed by atoms with Crippen molar-refractivity contribution in [1.82, 2.24) is 14.9 Å². The fourth-order valence-electron chi connectivity index (χ4n) is 4.81. The first-order chi connectivity index (χ1) is 21.5. The van der Waals surface area contributed by atoms with Gasteiger partial charge < -0.3 is 35.5 Å². The Morgan fingerprint density at radius 3 is 2.52 bits per heavy atom. The highest BCUT2D eigenvalue weighted by atomic mass is 32.2. The highest BCUT2D eigenvalue weighted by molar-refractivity contribution is 8.12. The summed E-state index contributed by atoms with van der Waals surface area (Å²) in [5, 5.41) is 5.72. The molecule has 1 atom stereocenters. The van der Waals surface area contributed by atoms with E-state index in [0.29, 0.717) is 41.3 Å². The number of hydrogen-bond donors (Lipinski definition) is 4. The van der Waals surface area contributed by atoms with E-state index in [4.69, 9.17) is 15.2 Å². The molecule has 1 unspecified atom stereocenters. The second-order valence-electron chi connectivity index (χ2n) is 12.4. The van der Waals surface area contributed by atoms with E-state index in [9.17, 15) is 22.8 Å². The van der Waals surface area contributed by atoms with E-state index in [-0.39, 0.29) is 6.61 Å². The minimum atomic E-state index is -4.90. The highest BCUT2D eigenvalue weighted by Crippen LogP contribution is 2.34. The molecule has 10 nitrogen and oxygen atoms in total. The number of amides is 1. The Bertz CT molecular complexity index is 1500. The number of carbonyl (C=O) groups is 2. The maximum absolute atomic E-state index is 13.3. The number of allylic oxidation sites excluding steroid dienone is 2. The number of carbonyl (C=O) groups excluding carboxylic acids is 2. The normalized spacial score (nSPS) is 18.2. The molecule has 0 radical (unpaired) electrons. The first kappa shape index (κ1) is 34.8. The summed E-state index contributed by atoms with van der Waals surface area (Å²) >= 11 is 0.656. The molecular weight excluding hydrogens is 623 g/mol. The van der Waals surface area contributed by atoms with Gasteiger partial charge in [-0.1, -0.05) is 24.3 Å². The maximum atomic E-state index is 13.3. The van der Waals surface area contributed by atoms with Crippen LogP contribution >= 0.6 is 11.9 Å². The van der Waals surface area contributed by atoms with Crippen molar-refractivity contribution < 1.29 is 37.0 Å². The largest absolute Gasteiger partial charge is 0.573 e. The molecule has 2 aromatic rings. The number of hydrogen-bond acceptors (Lipinski definition) is 10. The van der Waals surface area contributed by atoms with Crippen LogP contribution in [0.2, 0.25) is 0 Å². The van der Waals surface area contributed by atoms with Crippen molar-refractivity contribution in [1.29, 1.82) is 0 Å². The quantitative estimate of drug-likeness (QED) is 0.126. The Morgan fingerprint density at radius 1 is 1.11 bits per heavy atom. The second kappa shape index (κ2) is 14.2. The van der Waals surface area contributed by atoms with E-state index in [1.807, 2.05) is 24.1 Å². The first-order valence-electron chi connectivity index (χ1n) is 14.8. The van der Waals surface area contributed by atoms with Crippen molar-refractivity contribution in [2.45, 2.75) is 72.3 Å². The number of nitrogens with zero attached hydrogens (tertiary/aromatic N) is 1. The van der Waals surface area contributed by atoms with E-state index in [2.05, 4.69) is 20.1 Å². The topological polar surface area (TPSA) is 127 Å². The van der Waals surface area contributed by atoms with Crippen molar-refractivity contribution in [2.75, 3.05) is 24.2 Å². The number of ether oxygens (including phenoxy) is 3. The van der Waals surface area contributed by atoms with Gasteiger partial charge in [-0.15, -0.1) is 13.2 Å². The van der Waals surface area contributed by atoms with Crippen LogP contribution in [-0.4, -0.2) is 35.6 Å². The monoisotopic (exact) mass is 663 g/mol. The summed E-state index contributed by atoms with van der Waals surface area (Å²) in [6, 6.07) is 10.6.